The van der Waals surface area contributed by atoms with E-state index in [4.69, 9.17) is 24.4 Å². The van der Waals surface area contributed by atoms with Gasteiger partial charge < -0.3 is 14.8 Å². The van der Waals surface area contributed by atoms with Crippen LogP contribution in [-0.4, -0.2) is 40.8 Å². The highest BCUT2D eigenvalue weighted by Crippen LogP contribution is 2.45. The normalized spacial score (nSPS) is 12.4. The van der Waals surface area contributed by atoms with Crippen molar-refractivity contribution in [1.29, 1.82) is 0 Å². The Morgan fingerprint density at radius 2 is 1.67 bits per heavy atom. The second kappa shape index (κ2) is 13.1. The van der Waals surface area contributed by atoms with Crippen LogP contribution in [0.4, 0.5) is 5.69 Å². The lowest BCUT2D eigenvalue weighted by Gasteiger charge is -2.12. The summed E-state index contributed by atoms with van der Waals surface area (Å²) in [4.78, 5) is 29.5. The number of rotatable bonds is 10. The van der Waals surface area contributed by atoms with Gasteiger partial charge in [-0.2, -0.15) is 0 Å². The van der Waals surface area contributed by atoms with E-state index in [-0.39, 0.29) is 11.7 Å². The Morgan fingerprint density at radius 1 is 0.889 bits per heavy atom. The van der Waals surface area contributed by atoms with Crippen molar-refractivity contribution >= 4 is 66.9 Å². The Bertz CT molecular complexity index is 2020. The number of methoxy groups -OCH3 is 2. The van der Waals surface area contributed by atoms with E-state index >= 15 is 0 Å². The van der Waals surface area contributed by atoms with E-state index in [2.05, 4.69) is 41.7 Å². The number of aromatic nitrogens is 3. The summed E-state index contributed by atoms with van der Waals surface area (Å²) in [5.41, 5.74) is 7.61. The molecule has 3 heterocycles. The number of amides is 1. The van der Waals surface area contributed by atoms with Crippen LogP contribution in [0.2, 0.25) is 0 Å². The largest absolute Gasteiger partial charge is 0.497 e. The standard InChI is InChI=1S/C35H30N4O3S3/c1-41-23-16-17-26(27(18-23)42-2)36-28(40)20-43-34-32-31(38-35(39-34)44-19-21-10-5-3-6-11-21)29-24-14-9-15-25(24)30(37-33(29)45-32)22-12-7-4-8-13-22/h3-8,10-13,16-18H,9,14-15,19-20H2,1-2H3,(H,36,40). The first-order valence-corrected chi connectivity index (χ1v) is 17.4. The number of hydrogen-bond acceptors (Lipinski definition) is 9. The molecular weight excluding hydrogens is 621 g/mol. The van der Waals surface area contributed by atoms with Gasteiger partial charge in [0.1, 0.15) is 21.4 Å². The lowest BCUT2D eigenvalue weighted by atomic mass is 10.0. The van der Waals surface area contributed by atoms with Crippen molar-refractivity contribution < 1.29 is 14.3 Å². The molecule has 0 saturated heterocycles. The molecule has 1 aliphatic rings. The van der Waals surface area contributed by atoms with E-state index in [1.807, 2.05) is 24.3 Å². The number of anilines is 1. The minimum Gasteiger partial charge on any atom is -0.497 e. The topological polar surface area (TPSA) is 86.2 Å². The summed E-state index contributed by atoms with van der Waals surface area (Å²) in [5, 5.41) is 5.61. The summed E-state index contributed by atoms with van der Waals surface area (Å²) in [6.07, 6.45) is 3.12. The van der Waals surface area contributed by atoms with Crippen molar-refractivity contribution in [3.63, 3.8) is 0 Å². The molecule has 0 aliphatic heterocycles. The molecule has 7 nitrogen and oxygen atoms in total. The zero-order chi connectivity index (χ0) is 30.8. The zero-order valence-corrected chi connectivity index (χ0v) is 27.3. The third kappa shape index (κ3) is 6.10. The van der Waals surface area contributed by atoms with Crippen LogP contribution in [0.3, 0.4) is 0 Å². The van der Waals surface area contributed by atoms with Gasteiger partial charge in [-0.05, 0) is 48.1 Å². The Morgan fingerprint density at radius 3 is 2.44 bits per heavy atom. The third-order valence-corrected chi connectivity index (χ3v) is 10.9. The molecule has 0 saturated carbocycles. The number of carbonyl (C=O) groups excluding carboxylic acids is 1. The van der Waals surface area contributed by atoms with Gasteiger partial charge in [-0.1, -0.05) is 84.2 Å². The van der Waals surface area contributed by atoms with Crippen molar-refractivity contribution in [2.45, 2.75) is 35.2 Å². The first-order valence-electron chi connectivity index (χ1n) is 14.6. The third-order valence-electron chi connectivity index (χ3n) is 7.76. The van der Waals surface area contributed by atoms with Crippen LogP contribution < -0.4 is 14.8 Å². The molecule has 10 heteroatoms. The fraction of sp³-hybridized carbons (Fsp3) is 0.200. The SMILES string of the molecule is COc1ccc(NC(=O)CSc2nc(SCc3ccccc3)nc3c2sc2nc(-c4ccccc4)c4c(c23)CCC4)c(OC)c1. The number of benzene rings is 3. The van der Waals surface area contributed by atoms with Crippen LogP contribution in [0.5, 0.6) is 11.5 Å². The molecule has 3 aromatic carbocycles. The summed E-state index contributed by atoms with van der Waals surface area (Å²) in [7, 11) is 3.17. The maximum atomic E-state index is 13.2. The molecule has 45 heavy (non-hydrogen) atoms. The van der Waals surface area contributed by atoms with Crippen molar-refractivity contribution in [2.75, 3.05) is 25.3 Å². The number of hydrogen-bond donors (Lipinski definition) is 1. The Balaban J connectivity index is 1.26. The highest BCUT2D eigenvalue weighted by atomic mass is 32.2. The van der Waals surface area contributed by atoms with Gasteiger partial charge >= 0.3 is 0 Å². The van der Waals surface area contributed by atoms with Crippen LogP contribution in [-0.2, 0) is 23.4 Å². The highest BCUT2D eigenvalue weighted by molar-refractivity contribution is 8.00. The predicted octanol–water partition coefficient (Wildman–Crippen LogP) is 8.44. The van der Waals surface area contributed by atoms with Gasteiger partial charge in [0.2, 0.25) is 5.91 Å². The molecule has 1 N–H and O–H groups in total. The highest BCUT2D eigenvalue weighted by Gasteiger charge is 2.26. The van der Waals surface area contributed by atoms with E-state index < -0.39 is 0 Å². The second-order valence-electron chi connectivity index (χ2n) is 10.6. The van der Waals surface area contributed by atoms with E-state index in [0.29, 0.717) is 22.3 Å². The number of carbonyl (C=O) groups is 1. The quantitative estimate of drug-likeness (QED) is 0.0898. The van der Waals surface area contributed by atoms with Crippen LogP contribution in [0.25, 0.3) is 31.7 Å². The maximum absolute atomic E-state index is 13.2. The van der Waals surface area contributed by atoms with Gasteiger partial charge in [0.15, 0.2) is 5.16 Å². The molecule has 0 bridgehead atoms. The second-order valence-corrected chi connectivity index (χ2v) is 13.5. The van der Waals surface area contributed by atoms with Gasteiger partial charge in [0.25, 0.3) is 0 Å². The molecule has 6 aromatic rings. The number of thioether (sulfide) groups is 2. The molecule has 0 atom stereocenters. The molecule has 0 radical (unpaired) electrons. The van der Waals surface area contributed by atoms with Gasteiger partial charge in [0, 0.05) is 22.8 Å². The van der Waals surface area contributed by atoms with Gasteiger partial charge in [-0.3, -0.25) is 4.79 Å². The van der Waals surface area contributed by atoms with E-state index in [1.54, 1.807) is 55.5 Å². The Hall–Kier alpha value is -4.12. The van der Waals surface area contributed by atoms with E-state index in [9.17, 15) is 4.79 Å². The lowest BCUT2D eigenvalue weighted by Crippen LogP contribution is -2.15. The Labute approximate surface area is 273 Å². The minimum atomic E-state index is -0.153. The summed E-state index contributed by atoms with van der Waals surface area (Å²) in [5.74, 6) is 1.98. The van der Waals surface area contributed by atoms with Crippen LogP contribution in [0, 0.1) is 0 Å². The van der Waals surface area contributed by atoms with Crippen molar-refractivity contribution in [1.82, 2.24) is 15.0 Å². The molecule has 1 aliphatic carbocycles. The number of ether oxygens (including phenoxy) is 2. The predicted molar refractivity (Wildman–Crippen MR) is 185 cm³/mol. The monoisotopic (exact) mass is 650 g/mol. The molecular formula is C35H30N4O3S3. The molecule has 0 spiro atoms. The summed E-state index contributed by atoms with van der Waals surface area (Å²) >= 11 is 4.66. The average molecular weight is 651 g/mol. The van der Waals surface area contributed by atoms with Crippen molar-refractivity contribution in [3.05, 3.63) is 95.6 Å². The van der Waals surface area contributed by atoms with Crippen molar-refractivity contribution in [2.24, 2.45) is 0 Å². The maximum Gasteiger partial charge on any atom is 0.234 e. The molecule has 7 rings (SSSR count). The number of nitrogens with one attached hydrogen (secondary N) is 1. The van der Waals surface area contributed by atoms with Crippen LogP contribution in [0.1, 0.15) is 23.1 Å². The molecule has 226 valence electrons. The number of nitrogens with zero attached hydrogens (tertiary/aromatic N) is 3. The average Bonchev–Trinajstić information content (AvgIpc) is 3.72. The summed E-state index contributed by atoms with van der Waals surface area (Å²) in [6, 6.07) is 26.1. The molecule has 0 fully saturated rings. The number of pyridine rings is 1. The molecule has 0 unspecified atom stereocenters. The summed E-state index contributed by atoms with van der Waals surface area (Å²) in [6.45, 7) is 0. The fourth-order valence-electron chi connectivity index (χ4n) is 5.66. The van der Waals surface area contributed by atoms with E-state index in [1.165, 1.54) is 28.5 Å². The first kappa shape index (κ1) is 29.6. The van der Waals surface area contributed by atoms with Crippen molar-refractivity contribution in [3.8, 4) is 22.8 Å². The number of aryl methyl sites for hydroxylation is 1. The summed E-state index contributed by atoms with van der Waals surface area (Å²) < 4.78 is 11.7. The van der Waals surface area contributed by atoms with Crippen LogP contribution in [0.15, 0.2) is 89.0 Å². The first-order chi connectivity index (χ1) is 22.1. The van der Waals surface area contributed by atoms with Gasteiger partial charge in [0.05, 0.1) is 41.6 Å². The Kier molecular flexibility index (Phi) is 8.60. The molecule has 3 aromatic heterocycles. The number of fused-ring (bicyclic) bond motifs is 5. The van der Waals surface area contributed by atoms with E-state index in [0.717, 1.165) is 61.7 Å². The minimum absolute atomic E-state index is 0.153. The van der Waals surface area contributed by atoms with Crippen LogP contribution >= 0.6 is 34.9 Å². The van der Waals surface area contributed by atoms with Gasteiger partial charge in [-0.15, -0.1) is 11.3 Å². The zero-order valence-electron chi connectivity index (χ0n) is 24.8. The van der Waals surface area contributed by atoms with Gasteiger partial charge in [-0.25, -0.2) is 15.0 Å². The smallest absolute Gasteiger partial charge is 0.234 e. The lowest BCUT2D eigenvalue weighted by molar-refractivity contribution is -0.113. The fourth-order valence-corrected chi connectivity index (χ4v) is 8.57. The number of thiophene rings is 1. The molecule has 1 amide bonds.